The maximum absolute atomic E-state index is 14.2. The first kappa shape index (κ1) is 24.7. The highest BCUT2D eigenvalue weighted by atomic mass is 79.9. The lowest BCUT2D eigenvalue weighted by atomic mass is 10.1. The average molecular weight is 524 g/mol. The molecule has 0 N–H and O–H groups in total. The van der Waals surface area contributed by atoms with Gasteiger partial charge < -0.3 is 4.74 Å². The summed E-state index contributed by atoms with van der Waals surface area (Å²) in [7, 11) is 0. The van der Waals surface area contributed by atoms with Crippen LogP contribution in [0.3, 0.4) is 0 Å². The second-order valence-electron chi connectivity index (χ2n) is 7.22. The minimum Gasteiger partial charge on any atom is -0.460 e. The van der Waals surface area contributed by atoms with Crippen molar-refractivity contribution in [1.29, 1.82) is 0 Å². The quantitative estimate of drug-likeness (QED) is 0.236. The van der Waals surface area contributed by atoms with E-state index >= 15 is 0 Å². The van der Waals surface area contributed by atoms with Crippen molar-refractivity contribution in [3.8, 4) is 0 Å². The summed E-state index contributed by atoms with van der Waals surface area (Å²) in [6, 6.07) is 0. The number of allylic oxidation sites excluding steroid dienone is 3. The van der Waals surface area contributed by atoms with Crippen molar-refractivity contribution in [2.75, 3.05) is 0 Å². The van der Waals surface area contributed by atoms with Crippen molar-refractivity contribution in [1.82, 2.24) is 0 Å². The summed E-state index contributed by atoms with van der Waals surface area (Å²) in [4.78, 5) is 13.5. The highest BCUT2D eigenvalue weighted by Gasteiger charge is 2.62. The first-order valence-electron chi connectivity index (χ1n) is 8.45. The van der Waals surface area contributed by atoms with Gasteiger partial charge in [-0.05, 0) is 22.7 Å². The fourth-order valence-corrected chi connectivity index (χ4v) is 3.44. The number of rotatable bonds is 6. The molecule has 0 unspecified atom stereocenters. The predicted octanol–water partition coefficient (Wildman–Crippen LogP) is 6.69. The molecule has 166 valence electrons. The van der Waals surface area contributed by atoms with Crippen LogP contribution in [-0.4, -0.2) is 12.1 Å². The molecular weight excluding hydrogens is 509 g/mol. The molecule has 0 saturated heterocycles. The van der Waals surface area contributed by atoms with Gasteiger partial charge in [0.1, 0.15) is 11.6 Å². The lowest BCUT2D eigenvalue weighted by molar-refractivity contribution is -0.147. The fourth-order valence-electron chi connectivity index (χ4n) is 3.12. The maximum atomic E-state index is 14.2. The Hall–Kier alpha value is -1.55. The molecule has 1 aromatic carbocycles. The van der Waals surface area contributed by atoms with Gasteiger partial charge in [0.15, 0.2) is 23.3 Å². The van der Waals surface area contributed by atoms with Crippen molar-refractivity contribution in [2.45, 2.75) is 33.1 Å². The molecule has 0 radical (unpaired) electrons. The zero-order valence-electron chi connectivity index (χ0n) is 15.5. The van der Waals surface area contributed by atoms with E-state index in [1.807, 2.05) is 0 Å². The first-order chi connectivity index (χ1) is 13.7. The van der Waals surface area contributed by atoms with Gasteiger partial charge >= 0.3 is 12.1 Å². The third-order valence-electron chi connectivity index (χ3n) is 4.98. The normalized spacial score (nSPS) is 21.2. The van der Waals surface area contributed by atoms with Gasteiger partial charge in [-0.1, -0.05) is 53.5 Å². The SMILES string of the molecule is CC1(C)[C@H](/C=C(\Cl)C(F)(F)F)[C@@H]1C(=O)OCc1c(F)c(F)c(CC=CBr)c(F)c1F. The molecule has 0 bridgehead atoms. The number of carbonyl (C=O) groups excluding carboxylic acids is 1. The van der Waals surface area contributed by atoms with E-state index in [1.54, 1.807) is 0 Å². The van der Waals surface area contributed by atoms with Crippen LogP contribution in [0.2, 0.25) is 0 Å². The molecule has 2 nitrogen and oxygen atoms in total. The van der Waals surface area contributed by atoms with E-state index in [9.17, 15) is 35.5 Å². The summed E-state index contributed by atoms with van der Waals surface area (Å²) in [5.41, 5.74) is -2.93. The first-order valence-corrected chi connectivity index (χ1v) is 9.74. The number of alkyl halides is 3. The van der Waals surface area contributed by atoms with Crippen LogP contribution in [0.1, 0.15) is 25.0 Å². The maximum Gasteiger partial charge on any atom is 0.426 e. The third kappa shape index (κ3) is 4.85. The summed E-state index contributed by atoms with van der Waals surface area (Å²) in [6.07, 6.45) is -3.34. The van der Waals surface area contributed by atoms with E-state index in [-0.39, 0.29) is 0 Å². The Bertz CT molecular complexity index is 880. The molecule has 1 fully saturated rings. The van der Waals surface area contributed by atoms with E-state index < -0.39 is 81.9 Å². The van der Waals surface area contributed by atoms with Crippen LogP contribution in [0.5, 0.6) is 0 Å². The molecule has 0 aliphatic heterocycles. The Morgan fingerprint density at radius 2 is 1.60 bits per heavy atom. The zero-order chi connectivity index (χ0) is 23.0. The molecule has 30 heavy (non-hydrogen) atoms. The summed E-state index contributed by atoms with van der Waals surface area (Å²) >= 11 is 8.05. The van der Waals surface area contributed by atoms with Crippen LogP contribution >= 0.6 is 27.5 Å². The average Bonchev–Trinajstić information content (AvgIpc) is 3.19. The Morgan fingerprint density at radius 3 is 2.07 bits per heavy atom. The summed E-state index contributed by atoms with van der Waals surface area (Å²) in [5.74, 6) is -9.76. The molecule has 1 saturated carbocycles. The molecule has 1 aliphatic rings. The Morgan fingerprint density at radius 1 is 1.10 bits per heavy atom. The van der Waals surface area contributed by atoms with Crippen LogP contribution < -0.4 is 0 Å². The van der Waals surface area contributed by atoms with Crippen LogP contribution in [0.4, 0.5) is 30.7 Å². The van der Waals surface area contributed by atoms with Crippen LogP contribution in [-0.2, 0) is 22.6 Å². The Labute approximate surface area is 180 Å². The molecule has 2 atom stereocenters. The number of esters is 1. The minimum atomic E-state index is -4.79. The van der Waals surface area contributed by atoms with Crippen LogP contribution in [0, 0.1) is 40.5 Å². The highest BCUT2D eigenvalue weighted by Crippen LogP contribution is 2.60. The van der Waals surface area contributed by atoms with Crippen LogP contribution in [0.25, 0.3) is 0 Å². The Balaban J connectivity index is 2.19. The number of hydrogen-bond acceptors (Lipinski definition) is 2. The van der Waals surface area contributed by atoms with E-state index in [4.69, 9.17) is 16.3 Å². The van der Waals surface area contributed by atoms with Crippen molar-refractivity contribution in [2.24, 2.45) is 17.3 Å². The lowest BCUT2D eigenvalue weighted by Crippen LogP contribution is -2.15. The van der Waals surface area contributed by atoms with Gasteiger partial charge in [0, 0.05) is 5.56 Å². The van der Waals surface area contributed by atoms with E-state index in [0.717, 1.165) is 0 Å². The molecule has 11 heteroatoms. The van der Waals surface area contributed by atoms with E-state index in [0.29, 0.717) is 6.08 Å². The second kappa shape index (κ2) is 8.90. The molecule has 0 spiro atoms. The second-order valence-corrected chi connectivity index (χ2v) is 8.16. The zero-order valence-corrected chi connectivity index (χ0v) is 17.9. The Kier molecular flexibility index (Phi) is 7.33. The number of ether oxygens (including phenoxy) is 1. The number of benzene rings is 1. The van der Waals surface area contributed by atoms with Gasteiger partial charge in [0.05, 0.1) is 11.5 Å². The number of hydrogen-bond donors (Lipinski definition) is 0. The smallest absolute Gasteiger partial charge is 0.426 e. The van der Waals surface area contributed by atoms with Gasteiger partial charge in [-0.15, -0.1) is 0 Å². The van der Waals surface area contributed by atoms with Crippen molar-refractivity contribution in [3.05, 3.63) is 56.6 Å². The molecule has 1 aromatic rings. The van der Waals surface area contributed by atoms with Gasteiger partial charge in [-0.3, -0.25) is 4.79 Å². The molecule has 2 rings (SSSR count). The molecule has 0 heterocycles. The number of carbonyl (C=O) groups is 1. The van der Waals surface area contributed by atoms with Gasteiger partial charge in [-0.25, -0.2) is 17.6 Å². The minimum absolute atomic E-state index is 0.429. The molecular formula is C19H15BrClF7O2. The van der Waals surface area contributed by atoms with E-state index in [2.05, 4.69) is 15.9 Å². The molecule has 1 aliphatic carbocycles. The van der Waals surface area contributed by atoms with Crippen LogP contribution in [0.15, 0.2) is 22.2 Å². The van der Waals surface area contributed by atoms with Crippen molar-refractivity contribution in [3.63, 3.8) is 0 Å². The van der Waals surface area contributed by atoms with Gasteiger partial charge in [0.2, 0.25) is 0 Å². The summed E-state index contributed by atoms with van der Waals surface area (Å²) < 4.78 is 99.0. The van der Waals surface area contributed by atoms with E-state index in [1.165, 1.54) is 24.9 Å². The third-order valence-corrected chi connectivity index (χ3v) is 5.69. The fraction of sp³-hybridized carbons (Fsp3) is 0.421. The predicted molar refractivity (Wildman–Crippen MR) is 98.6 cm³/mol. The lowest BCUT2D eigenvalue weighted by Gasteiger charge is -2.12. The van der Waals surface area contributed by atoms with Crippen molar-refractivity contribution >= 4 is 33.5 Å². The monoisotopic (exact) mass is 522 g/mol. The summed E-state index contributed by atoms with van der Waals surface area (Å²) in [5, 5.41) is -1.41. The summed E-state index contributed by atoms with van der Waals surface area (Å²) in [6.45, 7) is 1.83. The highest BCUT2D eigenvalue weighted by molar-refractivity contribution is 9.11. The number of halogens is 9. The van der Waals surface area contributed by atoms with Gasteiger partial charge in [-0.2, -0.15) is 13.2 Å². The van der Waals surface area contributed by atoms with Crippen molar-refractivity contribution < 1.29 is 40.3 Å². The van der Waals surface area contributed by atoms with Gasteiger partial charge in [0.25, 0.3) is 0 Å². The topological polar surface area (TPSA) is 26.3 Å². The standard InChI is InChI=1S/C19H15BrClF7O2/c1-18(2)10(6-11(21)19(26,27)28)12(18)17(29)30-7-9-15(24)13(22)8(4-3-5-20)14(23)16(9)25/h3,5-6,10,12H,4,7H2,1-2H3/b5-3?,11-6-/t10-,12-/m1/s1. The molecule has 0 amide bonds. The molecule has 0 aromatic heterocycles. The largest absolute Gasteiger partial charge is 0.460 e.